The molecule has 0 aliphatic carbocycles. The van der Waals surface area contributed by atoms with E-state index in [-0.39, 0.29) is 5.91 Å². The molecule has 2 rings (SSSR count). The van der Waals surface area contributed by atoms with Gasteiger partial charge in [0.15, 0.2) is 6.10 Å². The standard InChI is InChI=1S/C19H23NO3S/c1-4-17(23-15-12-10-14(22-3)11-13-15)19(21)20-16-8-6-7-9-18(16)24-5-2/h6-13,17H,4-5H2,1-3H3,(H,20,21)/t17-/m0/s1. The zero-order valence-electron chi connectivity index (χ0n) is 14.2. The predicted octanol–water partition coefficient (Wildman–Crippen LogP) is 4.60. The van der Waals surface area contributed by atoms with E-state index in [0.29, 0.717) is 12.2 Å². The van der Waals surface area contributed by atoms with E-state index in [1.165, 1.54) is 0 Å². The number of methoxy groups -OCH3 is 1. The molecule has 0 fully saturated rings. The number of nitrogens with one attached hydrogen (secondary N) is 1. The Morgan fingerprint density at radius 1 is 1.08 bits per heavy atom. The van der Waals surface area contributed by atoms with Crippen molar-refractivity contribution in [3.05, 3.63) is 48.5 Å². The molecule has 0 aliphatic rings. The Balaban J connectivity index is 2.05. The minimum Gasteiger partial charge on any atom is -0.497 e. The highest BCUT2D eigenvalue weighted by Gasteiger charge is 2.19. The number of thioether (sulfide) groups is 1. The van der Waals surface area contributed by atoms with Crippen molar-refractivity contribution in [1.82, 2.24) is 0 Å². The van der Waals surface area contributed by atoms with E-state index in [0.717, 1.165) is 22.1 Å². The highest BCUT2D eigenvalue weighted by Crippen LogP contribution is 2.27. The zero-order valence-corrected chi connectivity index (χ0v) is 15.1. The number of para-hydroxylation sites is 1. The molecule has 0 bridgehead atoms. The zero-order chi connectivity index (χ0) is 17.4. The van der Waals surface area contributed by atoms with Gasteiger partial charge in [-0.2, -0.15) is 0 Å². The quantitative estimate of drug-likeness (QED) is 0.710. The molecule has 4 nitrogen and oxygen atoms in total. The molecule has 1 atom stereocenters. The average molecular weight is 345 g/mol. The molecule has 5 heteroatoms. The van der Waals surface area contributed by atoms with Crippen molar-refractivity contribution in [3.8, 4) is 11.5 Å². The number of amides is 1. The maximum atomic E-state index is 12.6. The summed E-state index contributed by atoms with van der Waals surface area (Å²) in [5.74, 6) is 2.21. The van der Waals surface area contributed by atoms with Crippen molar-refractivity contribution in [1.29, 1.82) is 0 Å². The van der Waals surface area contributed by atoms with E-state index in [4.69, 9.17) is 9.47 Å². The number of ether oxygens (including phenoxy) is 2. The third-order valence-electron chi connectivity index (χ3n) is 3.45. The lowest BCUT2D eigenvalue weighted by molar-refractivity contribution is -0.122. The van der Waals surface area contributed by atoms with Gasteiger partial charge >= 0.3 is 0 Å². The third kappa shape index (κ3) is 4.93. The fourth-order valence-electron chi connectivity index (χ4n) is 2.21. The first kappa shape index (κ1) is 18.2. The van der Waals surface area contributed by atoms with Gasteiger partial charge < -0.3 is 14.8 Å². The fourth-order valence-corrected chi connectivity index (χ4v) is 2.97. The van der Waals surface area contributed by atoms with Crippen LogP contribution in [0, 0.1) is 0 Å². The Morgan fingerprint density at radius 2 is 1.75 bits per heavy atom. The molecule has 0 aliphatic heterocycles. The van der Waals surface area contributed by atoms with Gasteiger partial charge in [0.05, 0.1) is 12.8 Å². The predicted molar refractivity (Wildman–Crippen MR) is 99.2 cm³/mol. The maximum Gasteiger partial charge on any atom is 0.265 e. The SMILES string of the molecule is CCSc1ccccc1NC(=O)[C@H](CC)Oc1ccc(OC)cc1. The number of rotatable bonds is 8. The molecular formula is C19H23NO3S. The summed E-state index contributed by atoms with van der Waals surface area (Å²) in [4.78, 5) is 13.6. The second-order valence-electron chi connectivity index (χ2n) is 5.11. The van der Waals surface area contributed by atoms with Gasteiger partial charge in [-0.05, 0) is 48.6 Å². The second-order valence-corrected chi connectivity index (χ2v) is 6.41. The van der Waals surface area contributed by atoms with Crippen LogP contribution >= 0.6 is 11.8 Å². The fraction of sp³-hybridized carbons (Fsp3) is 0.316. The number of hydrogen-bond donors (Lipinski definition) is 1. The van der Waals surface area contributed by atoms with Crippen LogP contribution < -0.4 is 14.8 Å². The molecule has 1 N–H and O–H groups in total. The molecule has 0 spiro atoms. The molecule has 24 heavy (non-hydrogen) atoms. The molecule has 0 heterocycles. The molecule has 1 amide bonds. The van der Waals surface area contributed by atoms with Crippen LogP contribution in [0.25, 0.3) is 0 Å². The molecule has 0 aromatic heterocycles. The Labute approximate surface area is 147 Å². The van der Waals surface area contributed by atoms with Gasteiger partial charge in [-0.15, -0.1) is 11.8 Å². The van der Waals surface area contributed by atoms with Gasteiger partial charge in [0.25, 0.3) is 5.91 Å². The molecule has 0 saturated heterocycles. The summed E-state index contributed by atoms with van der Waals surface area (Å²) >= 11 is 1.70. The largest absolute Gasteiger partial charge is 0.497 e. The average Bonchev–Trinajstić information content (AvgIpc) is 2.62. The maximum absolute atomic E-state index is 12.6. The van der Waals surface area contributed by atoms with Crippen molar-refractivity contribution in [2.45, 2.75) is 31.3 Å². The van der Waals surface area contributed by atoms with E-state index in [1.807, 2.05) is 43.3 Å². The van der Waals surface area contributed by atoms with Crippen molar-refractivity contribution < 1.29 is 14.3 Å². The Kier molecular flexibility index (Phi) is 7.00. The second kappa shape index (κ2) is 9.23. The normalized spacial score (nSPS) is 11.6. The smallest absolute Gasteiger partial charge is 0.265 e. The first-order chi connectivity index (χ1) is 11.7. The van der Waals surface area contributed by atoms with Crippen molar-refractivity contribution in [2.75, 3.05) is 18.2 Å². The lowest BCUT2D eigenvalue weighted by Crippen LogP contribution is -2.32. The van der Waals surface area contributed by atoms with Crippen LogP contribution in [-0.4, -0.2) is 24.9 Å². The van der Waals surface area contributed by atoms with Gasteiger partial charge in [0, 0.05) is 4.90 Å². The van der Waals surface area contributed by atoms with Crippen LogP contribution in [0.2, 0.25) is 0 Å². The van der Waals surface area contributed by atoms with Gasteiger partial charge in [0.2, 0.25) is 0 Å². The Morgan fingerprint density at radius 3 is 2.38 bits per heavy atom. The minimum atomic E-state index is -0.543. The molecule has 0 unspecified atom stereocenters. The summed E-state index contributed by atoms with van der Waals surface area (Å²) in [5, 5.41) is 2.98. The monoisotopic (exact) mass is 345 g/mol. The minimum absolute atomic E-state index is 0.141. The topological polar surface area (TPSA) is 47.6 Å². The van der Waals surface area contributed by atoms with E-state index < -0.39 is 6.10 Å². The van der Waals surface area contributed by atoms with Crippen LogP contribution in [0.5, 0.6) is 11.5 Å². The summed E-state index contributed by atoms with van der Waals surface area (Å²) in [6.07, 6.45) is 0.0408. The summed E-state index contributed by atoms with van der Waals surface area (Å²) in [7, 11) is 1.61. The number of carbonyl (C=O) groups is 1. The van der Waals surface area contributed by atoms with Crippen LogP contribution in [0.15, 0.2) is 53.4 Å². The Hall–Kier alpha value is -2.14. The van der Waals surface area contributed by atoms with E-state index in [1.54, 1.807) is 31.0 Å². The number of benzene rings is 2. The molecule has 0 saturated carbocycles. The third-order valence-corrected chi connectivity index (χ3v) is 4.40. The summed E-state index contributed by atoms with van der Waals surface area (Å²) in [6, 6.07) is 15.0. The first-order valence-electron chi connectivity index (χ1n) is 8.01. The first-order valence-corrected chi connectivity index (χ1v) is 8.99. The number of anilines is 1. The van der Waals surface area contributed by atoms with E-state index >= 15 is 0 Å². The van der Waals surface area contributed by atoms with Crippen molar-refractivity contribution in [2.24, 2.45) is 0 Å². The summed E-state index contributed by atoms with van der Waals surface area (Å²) in [5.41, 5.74) is 0.825. The molecule has 2 aromatic rings. The number of carbonyl (C=O) groups excluding carboxylic acids is 1. The van der Waals surface area contributed by atoms with Crippen molar-refractivity contribution in [3.63, 3.8) is 0 Å². The summed E-state index contributed by atoms with van der Waals surface area (Å²) in [6.45, 7) is 4.02. The van der Waals surface area contributed by atoms with Crippen LogP contribution in [-0.2, 0) is 4.79 Å². The van der Waals surface area contributed by atoms with Crippen LogP contribution in [0.4, 0.5) is 5.69 Å². The molecule has 0 radical (unpaired) electrons. The van der Waals surface area contributed by atoms with E-state index in [9.17, 15) is 4.79 Å². The highest BCUT2D eigenvalue weighted by atomic mass is 32.2. The number of hydrogen-bond acceptors (Lipinski definition) is 4. The van der Waals surface area contributed by atoms with Gasteiger partial charge in [-0.25, -0.2) is 0 Å². The van der Waals surface area contributed by atoms with Crippen molar-refractivity contribution >= 4 is 23.4 Å². The lowest BCUT2D eigenvalue weighted by Gasteiger charge is -2.18. The Bertz CT molecular complexity index is 658. The van der Waals surface area contributed by atoms with Gasteiger partial charge in [-0.3, -0.25) is 4.79 Å². The molecule has 128 valence electrons. The summed E-state index contributed by atoms with van der Waals surface area (Å²) < 4.78 is 10.9. The van der Waals surface area contributed by atoms with Crippen LogP contribution in [0.1, 0.15) is 20.3 Å². The molecular weight excluding hydrogens is 322 g/mol. The van der Waals surface area contributed by atoms with Gasteiger partial charge in [-0.1, -0.05) is 26.0 Å². The van der Waals surface area contributed by atoms with E-state index in [2.05, 4.69) is 12.2 Å². The molecule has 2 aromatic carbocycles. The van der Waals surface area contributed by atoms with Crippen LogP contribution in [0.3, 0.4) is 0 Å². The lowest BCUT2D eigenvalue weighted by atomic mass is 10.2. The van der Waals surface area contributed by atoms with Gasteiger partial charge in [0.1, 0.15) is 11.5 Å². The highest BCUT2D eigenvalue weighted by molar-refractivity contribution is 7.99.